The molecule has 0 atom stereocenters. The van der Waals surface area contributed by atoms with Crippen molar-refractivity contribution in [3.63, 3.8) is 0 Å². The normalized spacial score (nSPS) is 23.1. The van der Waals surface area contributed by atoms with E-state index in [1.807, 2.05) is 0 Å². The van der Waals surface area contributed by atoms with Crippen LogP contribution in [0.2, 0.25) is 5.02 Å². The van der Waals surface area contributed by atoms with E-state index in [2.05, 4.69) is 15.3 Å². The zero-order valence-electron chi connectivity index (χ0n) is 14.6. The molecule has 1 aliphatic heterocycles. The van der Waals surface area contributed by atoms with Gasteiger partial charge < -0.3 is 20.1 Å². The van der Waals surface area contributed by atoms with Crippen molar-refractivity contribution in [3.05, 3.63) is 39.4 Å². The number of halogens is 1. The number of fused-ring (bicyclic) bond motifs is 1. The quantitative estimate of drug-likeness (QED) is 0.493. The fourth-order valence-electron chi connectivity index (χ4n) is 3.52. The molecule has 2 aromatic rings. The highest BCUT2D eigenvalue weighted by molar-refractivity contribution is 6.31. The minimum Gasteiger partial charge on any atom is -0.348 e. The van der Waals surface area contributed by atoms with Crippen LogP contribution in [0.4, 0.5) is 0 Å². The van der Waals surface area contributed by atoms with Crippen LogP contribution in [-0.4, -0.2) is 54.6 Å². The lowest BCUT2D eigenvalue weighted by Gasteiger charge is -2.29. The summed E-state index contributed by atoms with van der Waals surface area (Å²) in [5.41, 5.74) is 0.529. The van der Waals surface area contributed by atoms with Crippen molar-refractivity contribution in [1.29, 1.82) is 0 Å². The van der Waals surface area contributed by atoms with Crippen LogP contribution in [0.15, 0.2) is 23.0 Å². The Morgan fingerprint density at radius 3 is 2.69 bits per heavy atom. The molecule has 4 rings (SSSR count). The predicted octanol–water partition coefficient (Wildman–Crippen LogP) is -1.86. The molecule has 1 aromatic heterocycles. The van der Waals surface area contributed by atoms with Gasteiger partial charge in [0, 0.05) is 11.1 Å². The summed E-state index contributed by atoms with van der Waals surface area (Å²) in [6.45, 7) is 5.11. The van der Waals surface area contributed by atoms with E-state index in [-0.39, 0.29) is 11.5 Å². The standard InChI is InChI=1S/C18H22ClN5O2/c19-12-1-4-15-14(9-12)18(26)22-16(21-15)10-23-5-7-24(8-6-23)11-17(25)20-13-2-3-13/h1,4,9,13H,2-3,5-8,10-11H2,(H,20,25)(H,21,22,26)/p+2. The van der Waals surface area contributed by atoms with Crippen molar-refractivity contribution in [2.75, 3.05) is 32.7 Å². The molecule has 1 aromatic carbocycles. The van der Waals surface area contributed by atoms with Crippen molar-refractivity contribution >= 4 is 28.4 Å². The van der Waals surface area contributed by atoms with Crippen LogP contribution < -0.4 is 20.7 Å². The van der Waals surface area contributed by atoms with Crippen LogP contribution in [0.1, 0.15) is 18.7 Å². The SMILES string of the molecule is O=C(C[NH+]1CC[NH+](Cc2nc3ccc(Cl)cc3c(=O)[nH]2)CC1)NC1CC1. The number of rotatable bonds is 5. The molecule has 2 aliphatic rings. The lowest BCUT2D eigenvalue weighted by molar-refractivity contribution is -1.02. The molecule has 1 aliphatic carbocycles. The first-order chi connectivity index (χ1) is 12.6. The molecule has 2 heterocycles. The van der Waals surface area contributed by atoms with Crippen LogP contribution in [0.3, 0.4) is 0 Å². The molecule has 1 amide bonds. The van der Waals surface area contributed by atoms with E-state index in [0.29, 0.717) is 40.9 Å². The summed E-state index contributed by atoms with van der Waals surface area (Å²) in [5, 5.41) is 4.11. The van der Waals surface area contributed by atoms with Gasteiger partial charge in [-0.25, -0.2) is 4.98 Å². The highest BCUT2D eigenvalue weighted by atomic mass is 35.5. The fourth-order valence-corrected chi connectivity index (χ4v) is 3.70. The van der Waals surface area contributed by atoms with Crippen LogP contribution in [-0.2, 0) is 11.3 Å². The van der Waals surface area contributed by atoms with Crippen molar-refractivity contribution in [2.24, 2.45) is 0 Å². The van der Waals surface area contributed by atoms with Gasteiger partial charge in [-0.15, -0.1) is 0 Å². The minimum absolute atomic E-state index is 0.145. The zero-order valence-corrected chi connectivity index (χ0v) is 15.4. The van der Waals surface area contributed by atoms with E-state index < -0.39 is 0 Å². The predicted molar refractivity (Wildman–Crippen MR) is 98.5 cm³/mol. The first-order valence-electron chi connectivity index (χ1n) is 9.22. The third kappa shape index (κ3) is 4.23. The number of carbonyl (C=O) groups is 1. The number of quaternary nitrogens is 2. The summed E-state index contributed by atoms with van der Waals surface area (Å²) in [7, 11) is 0. The Kier molecular flexibility index (Phi) is 4.93. The maximum absolute atomic E-state index is 12.2. The third-order valence-electron chi connectivity index (χ3n) is 5.15. The lowest BCUT2D eigenvalue weighted by Crippen LogP contribution is -3.28. The second-order valence-electron chi connectivity index (χ2n) is 7.37. The molecule has 0 radical (unpaired) electrons. The molecule has 26 heavy (non-hydrogen) atoms. The van der Waals surface area contributed by atoms with Crippen LogP contribution in [0, 0.1) is 0 Å². The molecular formula is C18H24ClN5O2+2. The minimum atomic E-state index is -0.145. The van der Waals surface area contributed by atoms with Crippen molar-refractivity contribution < 1.29 is 14.6 Å². The Labute approximate surface area is 156 Å². The number of hydrogen-bond donors (Lipinski definition) is 4. The van der Waals surface area contributed by atoms with Gasteiger partial charge in [0.25, 0.3) is 11.5 Å². The molecule has 8 heteroatoms. The molecule has 0 unspecified atom stereocenters. The van der Waals surface area contributed by atoms with Crippen molar-refractivity contribution in [3.8, 4) is 0 Å². The smallest absolute Gasteiger partial charge is 0.275 e. The number of hydrogen-bond acceptors (Lipinski definition) is 3. The summed E-state index contributed by atoms with van der Waals surface area (Å²) in [6, 6.07) is 5.61. The van der Waals surface area contributed by atoms with E-state index in [0.717, 1.165) is 39.0 Å². The Balaban J connectivity index is 1.34. The lowest BCUT2D eigenvalue weighted by atomic mass is 10.2. The van der Waals surface area contributed by atoms with Crippen molar-refractivity contribution in [1.82, 2.24) is 15.3 Å². The van der Waals surface area contributed by atoms with E-state index in [1.54, 1.807) is 18.2 Å². The molecule has 4 N–H and O–H groups in total. The number of amides is 1. The number of aromatic amines is 1. The van der Waals surface area contributed by atoms with Gasteiger partial charge >= 0.3 is 0 Å². The molecule has 0 spiro atoms. The van der Waals surface area contributed by atoms with E-state index in [9.17, 15) is 9.59 Å². The number of piperazine rings is 1. The van der Waals surface area contributed by atoms with E-state index in [4.69, 9.17) is 11.6 Å². The van der Waals surface area contributed by atoms with E-state index >= 15 is 0 Å². The average Bonchev–Trinajstić information content (AvgIpc) is 3.41. The zero-order chi connectivity index (χ0) is 18.1. The highest BCUT2D eigenvalue weighted by Gasteiger charge is 2.28. The molecule has 1 saturated carbocycles. The number of benzene rings is 1. The van der Waals surface area contributed by atoms with Gasteiger partial charge in [0.1, 0.15) is 32.7 Å². The molecule has 1 saturated heterocycles. The average molecular weight is 378 g/mol. The topological polar surface area (TPSA) is 83.7 Å². The second-order valence-corrected chi connectivity index (χ2v) is 7.81. The summed E-state index contributed by atoms with van der Waals surface area (Å²) in [5.74, 6) is 0.875. The van der Waals surface area contributed by atoms with E-state index in [1.165, 1.54) is 9.80 Å². The Bertz CT molecular complexity index is 872. The van der Waals surface area contributed by atoms with Gasteiger partial charge in [0.15, 0.2) is 12.4 Å². The number of carbonyl (C=O) groups excluding carboxylic acids is 1. The first-order valence-corrected chi connectivity index (χ1v) is 9.59. The molecule has 0 bridgehead atoms. The van der Waals surface area contributed by atoms with Gasteiger partial charge in [-0.2, -0.15) is 0 Å². The third-order valence-corrected chi connectivity index (χ3v) is 5.39. The van der Waals surface area contributed by atoms with Gasteiger partial charge in [-0.1, -0.05) is 11.6 Å². The van der Waals surface area contributed by atoms with Gasteiger partial charge in [-0.3, -0.25) is 9.59 Å². The van der Waals surface area contributed by atoms with Crippen LogP contribution >= 0.6 is 11.6 Å². The highest BCUT2D eigenvalue weighted by Crippen LogP contribution is 2.18. The number of nitrogens with one attached hydrogen (secondary N) is 4. The Morgan fingerprint density at radius 2 is 1.96 bits per heavy atom. The molecule has 138 valence electrons. The fraction of sp³-hybridized carbons (Fsp3) is 0.500. The Hall–Kier alpha value is -1.96. The number of nitrogens with zero attached hydrogens (tertiary/aromatic N) is 1. The second kappa shape index (κ2) is 7.34. The van der Waals surface area contributed by atoms with Crippen LogP contribution in [0.25, 0.3) is 10.9 Å². The first kappa shape index (κ1) is 17.5. The summed E-state index contributed by atoms with van der Waals surface area (Å²) >= 11 is 5.95. The summed E-state index contributed by atoms with van der Waals surface area (Å²) in [6.07, 6.45) is 2.25. The van der Waals surface area contributed by atoms with Gasteiger partial charge in [-0.05, 0) is 31.0 Å². The molecular weight excluding hydrogens is 354 g/mol. The molecule has 2 fully saturated rings. The summed E-state index contributed by atoms with van der Waals surface area (Å²) in [4.78, 5) is 34.3. The molecule has 7 nitrogen and oxygen atoms in total. The maximum Gasteiger partial charge on any atom is 0.275 e. The van der Waals surface area contributed by atoms with Crippen LogP contribution in [0.5, 0.6) is 0 Å². The number of aromatic nitrogens is 2. The monoisotopic (exact) mass is 377 g/mol. The maximum atomic E-state index is 12.2. The van der Waals surface area contributed by atoms with Gasteiger partial charge in [0.2, 0.25) is 0 Å². The summed E-state index contributed by atoms with van der Waals surface area (Å²) < 4.78 is 0. The Morgan fingerprint density at radius 1 is 1.23 bits per heavy atom. The largest absolute Gasteiger partial charge is 0.348 e. The van der Waals surface area contributed by atoms with Crippen molar-refractivity contribution in [2.45, 2.75) is 25.4 Å². The van der Waals surface area contributed by atoms with Gasteiger partial charge in [0.05, 0.1) is 10.9 Å². The number of H-pyrrole nitrogens is 1.